The maximum absolute atomic E-state index is 12.2. The first-order valence-corrected chi connectivity index (χ1v) is 4.33. The first-order valence-electron chi connectivity index (χ1n) is 4.33. The van der Waals surface area contributed by atoms with Crippen molar-refractivity contribution < 1.29 is 27.4 Å². The monoisotopic (exact) mass is 235 g/mol. The van der Waals surface area contributed by atoms with Crippen molar-refractivity contribution in [3.05, 3.63) is 34.8 Å². The van der Waals surface area contributed by atoms with Gasteiger partial charge in [0.15, 0.2) is 6.20 Å². The minimum absolute atomic E-state index is 0.0415. The van der Waals surface area contributed by atoms with Crippen LogP contribution in [0.5, 0.6) is 0 Å². The van der Waals surface area contributed by atoms with Gasteiger partial charge >= 0.3 is 17.8 Å². The van der Waals surface area contributed by atoms with Crippen molar-refractivity contribution in [3.8, 4) is 0 Å². The molecule has 1 aromatic heterocycles. The topological polar surface area (TPSA) is 53.2 Å². The van der Waals surface area contributed by atoms with Gasteiger partial charge in [-0.15, -0.1) is 0 Å². The highest BCUT2D eigenvalue weighted by atomic mass is 19.4. The molecule has 0 saturated heterocycles. The van der Waals surface area contributed by atoms with Crippen LogP contribution in [0.4, 0.5) is 13.2 Å². The summed E-state index contributed by atoms with van der Waals surface area (Å²) in [5.74, 6) is -0.953. The number of rotatable bonds is 2. The molecule has 0 aliphatic rings. The van der Waals surface area contributed by atoms with Crippen molar-refractivity contribution in [1.82, 2.24) is 0 Å². The number of esters is 1. The van der Waals surface area contributed by atoms with E-state index in [0.717, 1.165) is 6.07 Å². The van der Waals surface area contributed by atoms with Crippen LogP contribution in [-0.2, 0) is 10.9 Å². The van der Waals surface area contributed by atoms with Crippen LogP contribution in [0.3, 0.4) is 0 Å². The second-order valence-corrected chi connectivity index (χ2v) is 2.85. The van der Waals surface area contributed by atoms with E-state index in [2.05, 4.69) is 4.74 Å². The molecular formula is C9H8F3NO3. The van der Waals surface area contributed by atoms with Gasteiger partial charge in [-0.2, -0.15) is 17.9 Å². The van der Waals surface area contributed by atoms with Crippen LogP contribution in [0.25, 0.3) is 0 Å². The Bertz CT molecular complexity index is 403. The van der Waals surface area contributed by atoms with Crippen molar-refractivity contribution in [2.75, 3.05) is 6.61 Å². The summed E-state index contributed by atoms with van der Waals surface area (Å²) in [5, 5.41) is 11.1. The van der Waals surface area contributed by atoms with E-state index in [4.69, 9.17) is 0 Å². The van der Waals surface area contributed by atoms with E-state index < -0.39 is 23.4 Å². The second kappa shape index (κ2) is 4.38. The molecule has 1 aromatic rings. The van der Waals surface area contributed by atoms with Gasteiger partial charge in [-0.1, -0.05) is 0 Å². The third-order valence-corrected chi connectivity index (χ3v) is 1.73. The highest BCUT2D eigenvalue weighted by molar-refractivity contribution is 5.85. The fraction of sp³-hybridized carbons (Fsp3) is 0.333. The Labute approximate surface area is 88.8 Å². The van der Waals surface area contributed by atoms with Gasteiger partial charge in [-0.05, 0) is 13.0 Å². The van der Waals surface area contributed by atoms with Crippen molar-refractivity contribution in [2.24, 2.45) is 0 Å². The summed E-state index contributed by atoms with van der Waals surface area (Å²) in [6, 6.07) is 1.44. The first-order chi connectivity index (χ1) is 7.36. The lowest BCUT2D eigenvalue weighted by atomic mass is 10.2. The van der Waals surface area contributed by atoms with Crippen LogP contribution in [0, 0.1) is 5.21 Å². The molecule has 0 fully saturated rings. The molecule has 0 atom stereocenters. The zero-order valence-corrected chi connectivity index (χ0v) is 8.25. The van der Waals surface area contributed by atoms with Gasteiger partial charge in [0.2, 0.25) is 0 Å². The average molecular weight is 235 g/mol. The highest BCUT2D eigenvalue weighted by Gasteiger charge is 2.34. The van der Waals surface area contributed by atoms with Gasteiger partial charge in [-0.3, -0.25) is 0 Å². The summed E-state index contributed by atoms with van der Waals surface area (Å²) < 4.78 is 40.9. The number of alkyl halides is 3. The summed E-state index contributed by atoms with van der Waals surface area (Å²) in [6.45, 7) is 1.57. The Morgan fingerprint density at radius 3 is 2.56 bits per heavy atom. The van der Waals surface area contributed by atoms with E-state index in [0.29, 0.717) is 12.3 Å². The number of carbonyl (C=O) groups excluding carboxylic acids is 1. The first kappa shape index (κ1) is 12.3. The lowest BCUT2D eigenvalue weighted by molar-refractivity contribution is -0.609. The normalized spacial score (nSPS) is 11.2. The van der Waals surface area contributed by atoms with Gasteiger partial charge in [-0.25, -0.2) is 4.79 Å². The number of halogens is 3. The standard InChI is InChI=1S/C9H8F3NO3/c1-2-16-8(14)7-4-3-6(5-13(7)15)9(10,11)12/h3-5H,2H2,1H3. The Morgan fingerprint density at radius 2 is 2.12 bits per heavy atom. The van der Waals surface area contributed by atoms with Crippen molar-refractivity contribution in [3.63, 3.8) is 0 Å². The summed E-state index contributed by atoms with van der Waals surface area (Å²) in [5.41, 5.74) is -1.59. The molecule has 0 radical (unpaired) electrons. The largest absolute Gasteiger partial charge is 0.618 e. The van der Waals surface area contributed by atoms with Crippen LogP contribution in [0.1, 0.15) is 23.0 Å². The molecule has 0 saturated carbocycles. The fourth-order valence-corrected chi connectivity index (χ4v) is 1.01. The molecule has 0 aromatic carbocycles. The Balaban J connectivity index is 3.05. The maximum atomic E-state index is 12.2. The summed E-state index contributed by atoms with van der Waals surface area (Å²) >= 11 is 0. The van der Waals surface area contributed by atoms with Gasteiger partial charge in [0.05, 0.1) is 6.61 Å². The molecule has 0 aliphatic carbocycles. The zero-order valence-electron chi connectivity index (χ0n) is 8.25. The van der Waals surface area contributed by atoms with Crippen molar-refractivity contribution >= 4 is 5.97 Å². The quantitative estimate of drug-likeness (QED) is 0.443. The Hall–Kier alpha value is -1.79. The number of hydrogen-bond donors (Lipinski definition) is 0. The maximum Gasteiger partial charge on any atom is 0.422 e. The number of aromatic nitrogens is 1. The Kier molecular flexibility index (Phi) is 3.36. The van der Waals surface area contributed by atoms with Crippen LogP contribution < -0.4 is 4.73 Å². The van der Waals surface area contributed by atoms with Crippen LogP contribution in [0.2, 0.25) is 0 Å². The SMILES string of the molecule is CCOC(=O)c1ccc(C(F)(F)F)c[n+]1[O-]. The van der Waals surface area contributed by atoms with E-state index in [9.17, 15) is 23.2 Å². The number of carbonyl (C=O) groups is 1. The molecule has 0 N–H and O–H groups in total. The summed E-state index contributed by atoms with van der Waals surface area (Å²) in [6.07, 6.45) is -4.31. The average Bonchev–Trinajstić information content (AvgIpc) is 2.16. The molecule has 1 rings (SSSR count). The molecule has 7 heteroatoms. The van der Waals surface area contributed by atoms with Gasteiger partial charge in [0, 0.05) is 6.07 Å². The van der Waals surface area contributed by atoms with E-state index >= 15 is 0 Å². The minimum Gasteiger partial charge on any atom is -0.618 e. The summed E-state index contributed by atoms with van der Waals surface area (Å²) in [4.78, 5) is 11.1. The highest BCUT2D eigenvalue weighted by Crippen LogP contribution is 2.27. The number of pyridine rings is 1. The van der Waals surface area contributed by atoms with Crippen LogP contribution in [0.15, 0.2) is 18.3 Å². The number of ether oxygens (including phenoxy) is 1. The van der Waals surface area contributed by atoms with Crippen LogP contribution >= 0.6 is 0 Å². The van der Waals surface area contributed by atoms with Crippen molar-refractivity contribution in [2.45, 2.75) is 13.1 Å². The minimum atomic E-state index is -4.61. The van der Waals surface area contributed by atoms with E-state index in [1.54, 1.807) is 0 Å². The lowest BCUT2D eigenvalue weighted by Crippen LogP contribution is -2.36. The molecular weight excluding hydrogens is 227 g/mol. The smallest absolute Gasteiger partial charge is 0.422 e. The molecule has 0 unspecified atom stereocenters. The predicted molar refractivity (Wildman–Crippen MR) is 46.4 cm³/mol. The molecule has 0 amide bonds. The number of nitrogens with zero attached hydrogens (tertiary/aromatic N) is 1. The predicted octanol–water partition coefficient (Wildman–Crippen LogP) is 1.52. The molecule has 1 heterocycles. The van der Waals surface area contributed by atoms with E-state index in [1.165, 1.54) is 6.92 Å². The fourth-order valence-electron chi connectivity index (χ4n) is 1.01. The second-order valence-electron chi connectivity index (χ2n) is 2.85. The Morgan fingerprint density at radius 1 is 1.50 bits per heavy atom. The summed E-state index contributed by atoms with van der Waals surface area (Å²) in [7, 11) is 0. The van der Waals surface area contributed by atoms with E-state index in [1.807, 2.05) is 0 Å². The van der Waals surface area contributed by atoms with E-state index in [-0.39, 0.29) is 11.3 Å². The van der Waals surface area contributed by atoms with Gasteiger partial charge in [0.1, 0.15) is 5.56 Å². The molecule has 4 nitrogen and oxygen atoms in total. The van der Waals surface area contributed by atoms with Gasteiger partial charge in [0.25, 0.3) is 0 Å². The molecule has 88 valence electrons. The third kappa shape index (κ3) is 2.62. The molecule has 0 bridgehead atoms. The van der Waals surface area contributed by atoms with Crippen molar-refractivity contribution in [1.29, 1.82) is 0 Å². The van der Waals surface area contributed by atoms with Crippen LogP contribution in [-0.4, -0.2) is 12.6 Å². The van der Waals surface area contributed by atoms with Gasteiger partial charge < -0.3 is 9.94 Å². The molecule has 16 heavy (non-hydrogen) atoms. The zero-order chi connectivity index (χ0) is 12.3. The number of hydrogen-bond acceptors (Lipinski definition) is 3. The molecule has 0 aliphatic heterocycles. The lowest BCUT2D eigenvalue weighted by Gasteiger charge is -2.08. The molecule has 0 spiro atoms. The third-order valence-electron chi connectivity index (χ3n) is 1.73.